The second-order valence-electron chi connectivity index (χ2n) is 7.99. The summed E-state index contributed by atoms with van der Waals surface area (Å²) in [4.78, 5) is 29.9. The molecule has 2 aromatic carbocycles. The van der Waals surface area contributed by atoms with Crippen LogP contribution in [0.1, 0.15) is 11.3 Å². The number of benzene rings is 2. The number of anilines is 2. The van der Waals surface area contributed by atoms with Crippen LogP contribution in [0.4, 0.5) is 11.4 Å². The second kappa shape index (κ2) is 10.5. The first-order valence-corrected chi connectivity index (χ1v) is 11.7. The molecular formula is C26H24Cl2N4O4. The summed E-state index contributed by atoms with van der Waals surface area (Å²) in [6, 6.07) is 10.6. The number of aromatic nitrogens is 1. The van der Waals surface area contributed by atoms with Crippen LogP contribution in [0.3, 0.4) is 0 Å². The minimum Gasteiger partial charge on any atom is -0.495 e. The van der Waals surface area contributed by atoms with E-state index in [0.29, 0.717) is 40.4 Å². The third-order valence-electron chi connectivity index (χ3n) is 5.89. The number of aliphatic imine (C=N–C) groups is 1. The lowest BCUT2D eigenvalue weighted by atomic mass is 9.99. The van der Waals surface area contributed by atoms with E-state index >= 15 is 0 Å². The fourth-order valence-corrected chi connectivity index (χ4v) is 4.75. The van der Waals surface area contributed by atoms with Crippen molar-refractivity contribution in [1.29, 1.82) is 0 Å². The first-order chi connectivity index (χ1) is 17.3. The normalized spacial score (nSPS) is 14.1. The summed E-state index contributed by atoms with van der Waals surface area (Å²) < 4.78 is 12.3. The minimum atomic E-state index is -0.361. The van der Waals surface area contributed by atoms with Gasteiger partial charge < -0.3 is 24.7 Å². The van der Waals surface area contributed by atoms with E-state index < -0.39 is 0 Å². The first kappa shape index (κ1) is 25.3. The Hall–Kier alpha value is -3.75. The number of para-hydroxylation sites is 2. The highest BCUT2D eigenvalue weighted by atomic mass is 35.5. The predicted octanol–water partition coefficient (Wildman–Crippen LogP) is 4.91. The summed E-state index contributed by atoms with van der Waals surface area (Å²) in [5.74, 6) is 0.365. The van der Waals surface area contributed by atoms with Crippen molar-refractivity contribution in [2.45, 2.75) is 12.6 Å². The molecule has 0 spiro atoms. The van der Waals surface area contributed by atoms with Gasteiger partial charge in [-0.1, -0.05) is 41.9 Å². The summed E-state index contributed by atoms with van der Waals surface area (Å²) in [5.41, 5.74) is 3.20. The molecule has 0 saturated carbocycles. The van der Waals surface area contributed by atoms with Crippen molar-refractivity contribution in [2.24, 2.45) is 12.0 Å². The van der Waals surface area contributed by atoms with Crippen molar-refractivity contribution in [3.05, 3.63) is 80.7 Å². The molecule has 0 saturated heterocycles. The average Bonchev–Trinajstić information content (AvgIpc) is 2.88. The maximum atomic E-state index is 13.5. The fourth-order valence-electron chi connectivity index (χ4n) is 4.04. The lowest BCUT2D eigenvalue weighted by Crippen LogP contribution is -2.32. The smallest absolute Gasteiger partial charge is 0.258 e. The molecule has 2 heterocycles. The SMILES string of the molecule is C=CC(=O)Nc1ccccc1NC1Cc2c(cc(-c3c(Cl)c(OC)cc(OC)c3Cl)c(=O)n2C)C=N1. The number of methoxy groups -OCH3 is 2. The third kappa shape index (κ3) is 4.69. The van der Waals surface area contributed by atoms with Crippen LogP contribution in [-0.4, -0.2) is 37.1 Å². The lowest BCUT2D eigenvalue weighted by molar-refractivity contribution is -0.111. The van der Waals surface area contributed by atoms with E-state index in [1.165, 1.54) is 20.3 Å². The van der Waals surface area contributed by atoms with Gasteiger partial charge in [-0.25, -0.2) is 0 Å². The number of hydrogen-bond donors (Lipinski definition) is 2. The molecule has 1 aliphatic rings. The Morgan fingerprint density at radius 2 is 1.78 bits per heavy atom. The van der Waals surface area contributed by atoms with Gasteiger partial charge in [0.1, 0.15) is 17.7 Å². The Bertz CT molecular complexity index is 1420. The Balaban J connectivity index is 1.72. The Morgan fingerprint density at radius 3 is 2.39 bits per heavy atom. The molecule has 0 aliphatic carbocycles. The molecule has 1 aliphatic heterocycles. The lowest BCUT2D eigenvalue weighted by Gasteiger charge is -2.25. The van der Waals surface area contributed by atoms with Crippen LogP contribution in [-0.2, 0) is 18.3 Å². The number of nitrogens with zero attached hydrogens (tertiary/aromatic N) is 2. The maximum absolute atomic E-state index is 13.5. The fraction of sp³-hybridized carbons (Fsp3) is 0.192. The van der Waals surface area contributed by atoms with E-state index in [-0.39, 0.29) is 27.7 Å². The van der Waals surface area contributed by atoms with Crippen LogP contribution < -0.4 is 25.7 Å². The molecule has 10 heteroatoms. The van der Waals surface area contributed by atoms with Crippen molar-refractivity contribution in [2.75, 3.05) is 24.9 Å². The topological polar surface area (TPSA) is 94.0 Å². The highest BCUT2D eigenvalue weighted by Gasteiger charge is 2.25. The molecule has 0 radical (unpaired) electrons. The van der Waals surface area contributed by atoms with Gasteiger partial charge in [-0.05, 0) is 24.3 Å². The highest BCUT2D eigenvalue weighted by Crippen LogP contribution is 2.45. The maximum Gasteiger partial charge on any atom is 0.258 e. The number of rotatable bonds is 7. The highest BCUT2D eigenvalue weighted by molar-refractivity contribution is 6.41. The van der Waals surface area contributed by atoms with Gasteiger partial charge in [0, 0.05) is 42.6 Å². The van der Waals surface area contributed by atoms with Gasteiger partial charge >= 0.3 is 0 Å². The van der Waals surface area contributed by atoms with Gasteiger partial charge in [0.25, 0.3) is 5.56 Å². The van der Waals surface area contributed by atoms with Crippen LogP contribution in [0.25, 0.3) is 11.1 Å². The van der Waals surface area contributed by atoms with E-state index in [4.69, 9.17) is 32.7 Å². The number of fused-ring (bicyclic) bond motifs is 1. The molecule has 0 bridgehead atoms. The summed E-state index contributed by atoms with van der Waals surface area (Å²) in [6.07, 6.45) is 2.98. The minimum absolute atomic E-state index is 0.214. The number of carbonyl (C=O) groups excluding carboxylic acids is 1. The monoisotopic (exact) mass is 526 g/mol. The molecule has 36 heavy (non-hydrogen) atoms. The quantitative estimate of drug-likeness (QED) is 0.426. The standard InChI is InChI=1S/C26H24Cl2N4O4/c1-5-22(33)31-17-9-7-6-8-16(17)30-21-11-18-14(13-29-21)10-15(26(34)32(18)2)23-24(27)19(35-3)12-20(36-4)25(23)28/h5-10,12-13,21,30H,1,11H2,2-4H3,(H,31,33). The number of ether oxygens (including phenoxy) is 2. The van der Waals surface area contributed by atoms with Crippen LogP contribution in [0, 0.1) is 0 Å². The van der Waals surface area contributed by atoms with Crippen molar-refractivity contribution >= 4 is 46.7 Å². The Kier molecular flexibility index (Phi) is 7.37. The van der Waals surface area contributed by atoms with E-state index in [1.807, 2.05) is 18.2 Å². The Morgan fingerprint density at radius 1 is 1.14 bits per heavy atom. The zero-order valence-corrected chi connectivity index (χ0v) is 21.4. The number of amides is 1. The molecule has 1 atom stereocenters. The number of carbonyl (C=O) groups is 1. The first-order valence-electron chi connectivity index (χ1n) is 10.9. The van der Waals surface area contributed by atoms with E-state index in [1.54, 1.807) is 36.0 Å². The zero-order valence-electron chi connectivity index (χ0n) is 19.9. The molecule has 8 nitrogen and oxygen atoms in total. The van der Waals surface area contributed by atoms with Crippen molar-refractivity contribution in [1.82, 2.24) is 4.57 Å². The van der Waals surface area contributed by atoms with Gasteiger partial charge in [-0.2, -0.15) is 0 Å². The number of hydrogen-bond acceptors (Lipinski definition) is 6. The molecule has 2 N–H and O–H groups in total. The predicted molar refractivity (Wildman–Crippen MR) is 144 cm³/mol. The molecule has 1 amide bonds. The molecule has 4 rings (SSSR count). The van der Waals surface area contributed by atoms with Crippen LogP contribution in [0.15, 0.2) is 58.8 Å². The molecule has 0 fully saturated rings. The number of halogens is 2. The molecule has 3 aromatic rings. The Labute approximate surface area is 218 Å². The van der Waals surface area contributed by atoms with Gasteiger partial charge in [0.15, 0.2) is 0 Å². The molecule has 1 aromatic heterocycles. The van der Waals surface area contributed by atoms with E-state index in [2.05, 4.69) is 22.2 Å². The number of pyridine rings is 1. The van der Waals surface area contributed by atoms with Crippen molar-refractivity contribution in [3.8, 4) is 22.6 Å². The van der Waals surface area contributed by atoms with Crippen molar-refractivity contribution in [3.63, 3.8) is 0 Å². The average molecular weight is 527 g/mol. The second-order valence-corrected chi connectivity index (χ2v) is 8.75. The summed E-state index contributed by atoms with van der Waals surface area (Å²) in [6.45, 7) is 3.49. The van der Waals surface area contributed by atoms with Gasteiger partial charge in [-0.15, -0.1) is 0 Å². The van der Waals surface area contributed by atoms with E-state index in [9.17, 15) is 9.59 Å². The largest absolute Gasteiger partial charge is 0.495 e. The van der Waals surface area contributed by atoms with Crippen molar-refractivity contribution < 1.29 is 14.3 Å². The van der Waals surface area contributed by atoms with Crippen LogP contribution in [0.5, 0.6) is 11.5 Å². The zero-order chi connectivity index (χ0) is 26.0. The van der Waals surface area contributed by atoms with Gasteiger partial charge in [-0.3, -0.25) is 14.6 Å². The van der Waals surface area contributed by atoms with Crippen LogP contribution >= 0.6 is 23.2 Å². The van der Waals surface area contributed by atoms with E-state index in [0.717, 1.165) is 11.3 Å². The number of nitrogens with one attached hydrogen (secondary N) is 2. The molecule has 1 unspecified atom stereocenters. The summed E-state index contributed by atoms with van der Waals surface area (Å²) in [7, 11) is 4.65. The summed E-state index contributed by atoms with van der Waals surface area (Å²) in [5, 5.41) is 6.52. The third-order valence-corrected chi connectivity index (χ3v) is 6.64. The molecular weight excluding hydrogens is 503 g/mol. The van der Waals surface area contributed by atoms with Crippen LogP contribution in [0.2, 0.25) is 10.0 Å². The summed E-state index contributed by atoms with van der Waals surface area (Å²) >= 11 is 13.1. The molecule has 186 valence electrons. The van der Waals surface area contributed by atoms with Gasteiger partial charge in [0.05, 0.1) is 41.2 Å². The van der Waals surface area contributed by atoms with Gasteiger partial charge in [0.2, 0.25) is 5.91 Å².